The molecule has 2 unspecified atom stereocenters. The van der Waals surface area contributed by atoms with E-state index in [-0.39, 0.29) is 11.7 Å². The van der Waals surface area contributed by atoms with Gasteiger partial charge in [-0.3, -0.25) is 9.59 Å². The number of carbonyl (C=O) groups excluding carboxylic acids is 2. The second kappa shape index (κ2) is 10.3. The van der Waals surface area contributed by atoms with Crippen LogP contribution in [-0.2, 0) is 16.0 Å². The molecule has 148 valence electrons. The maximum Gasteiger partial charge on any atom is 0.222 e. The minimum Gasteiger partial charge on any atom is -0.339 e. The lowest BCUT2D eigenvalue weighted by molar-refractivity contribution is -0.137. The van der Waals surface area contributed by atoms with Gasteiger partial charge in [-0.2, -0.15) is 0 Å². The average Bonchev–Trinajstić information content (AvgIpc) is 2.69. The molecular formula is C23H32ClNO2. The molecule has 3 nitrogen and oxygen atoms in total. The van der Waals surface area contributed by atoms with Crippen LogP contribution in [0.3, 0.4) is 0 Å². The lowest BCUT2D eigenvalue weighted by Gasteiger charge is -2.44. The standard InChI is InChI=1S/C23H32ClNO2/c24-21-14-3-1-8-18(21)10-5-12-20(26)13-6-16-23(27)25-17-7-11-19-9-2-4-15-22(19)25/h1,3,8,14,19,22H,2,4-7,9-13,15-17H2. The van der Waals surface area contributed by atoms with Gasteiger partial charge in [-0.25, -0.2) is 0 Å². The fourth-order valence-electron chi connectivity index (χ4n) is 4.82. The Morgan fingerprint density at radius 1 is 0.963 bits per heavy atom. The molecule has 2 aliphatic rings. The van der Waals surface area contributed by atoms with E-state index in [0.29, 0.717) is 31.7 Å². The molecule has 0 bridgehead atoms. The molecule has 1 saturated heterocycles. The zero-order chi connectivity index (χ0) is 19.1. The summed E-state index contributed by atoms with van der Waals surface area (Å²) < 4.78 is 0. The fraction of sp³-hybridized carbons (Fsp3) is 0.652. The molecule has 0 radical (unpaired) electrons. The Labute approximate surface area is 168 Å². The first-order valence-electron chi connectivity index (χ1n) is 10.7. The summed E-state index contributed by atoms with van der Waals surface area (Å²) in [5, 5.41) is 0.776. The number of rotatable bonds is 8. The highest BCUT2D eigenvalue weighted by molar-refractivity contribution is 6.31. The monoisotopic (exact) mass is 389 g/mol. The molecule has 27 heavy (non-hydrogen) atoms. The number of Topliss-reactive ketones (excluding diaryl/α,β-unsaturated/α-hetero) is 1. The summed E-state index contributed by atoms with van der Waals surface area (Å²) in [6.07, 6.45) is 11.5. The van der Waals surface area contributed by atoms with Crippen molar-refractivity contribution in [3.8, 4) is 0 Å². The van der Waals surface area contributed by atoms with Gasteiger partial charge in [0.1, 0.15) is 5.78 Å². The predicted octanol–water partition coefficient (Wildman–Crippen LogP) is 5.58. The van der Waals surface area contributed by atoms with Crippen LogP contribution in [0.2, 0.25) is 5.02 Å². The molecule has 0 N–H and O–H groups in total. The van der Waals surface area contributed by atoms with Gasteiger partial charge in [-0.05, 0) is 62.5 Å². The number of ketones is 1. The van der Waals surface area contributed by atoms with Crippen molar-refractivity contribution in [3.63, 3.8) is 0 Å². The summed E-state index contributed by atoms with van der Waals surface area (Å²) in [6.45, 7) is 0.922. The molecule has 0 aromatic heterocycles. The molecule has 1 amide bonds. The van der Waals surface area contributed by atoms with Gasteiger partial charge >= 0.3 is 0 Å². The molecule has 0 spiro atoms. The molecule has 4 heteroatoms. The van der Waals surface area contributed by atoms with E-state index < -0.39 is 0 Å². The molecule has 1 aliphatic heterocycles. The topological polar surface area (TPSA) is 37.4 Å². The van der Waals surface area contributed by atoms with Gasteiger partial charge in [0, 0.05) is 36.9 Å². The summed E-state index contributed by atoms with van der Waals surface area (Å²) in [5.74, 6) is 1.27. The van der Waals surface area contributed by atoms with Crippen LogP contribution >= 0.6 is 11.6 Å². The number of amides is 1. The van der Waals surface area contributed by atoms with Gasteiger partial charge in [0.25, 0.3) is 0 Å². The van der Waals surface area contributed by atoms with Crippen molar-refractivity contribution in [1.82, 2.24) is 4.90 Å². The van der Waals surface area contributed by atoms with Crippen molar-refractivity contribution in [3.05, 3.63) is 34.9 Å². The first-order chi connectivity index (χ1) is 13.1. The third-order valence-corrected chi connectivity index (χ3v) is 6.64. The molecule has 3 rings (SSSR count). The average molecular weight is 390 g/mol. The number of carbonyl (C=O) groups is 2. The van der Waals surface area contributed by atoms with Crippen LogP contribution in [0.1, 0.15) is 76.2 Å². The van der Waals surface area contributed by atoms with E-state index in [9.17, 15) is 9.59 Å². The third-order valence-electron chi connectivity index (χ3n) is 6.27. The van der Waals surface area contributed by atoms with E-state index in [1.165, 1.54) is 32.1 Å². The highest BCUT2D eigenvalue weighted by Crippen LogP contribution is 2.35. The fourth-order valence-corrected chi connectivity index (χ4v) is 5.05. The zero-order valence-corrected chi connectivity index (χ0v) is 17.1. The van der Waals surface area contributed by atoms with Crippen LogP contribution < -0.4 is 0 Å². The first kappa shape index (κ1) is 20.4. The predicted molar refractivity (Wildman–Crippen MR) is 110 cm³/mol. The Balaban J connectivity index is 1.34. The van der Waals surface area contributed by atoms with Gasteiger partial charge in [-0.15, -0.1) is 0 Å². The normalized spacial score (nSPS) is 22.3. The lowest BCUT2D eigenvalue weighted by atomic mass is 9.78. The number of likely N-dealkylation sites (tertiary alicyclic amines) is 1. The summed E-state index contributed by atoms with van der Waals surface area (Å²) in [6, 6.07) is 8.29. The molecule has 2 fully saturated rings. The van der Waals surface area contributed by atoms with Crippen LogP contribution in [0.25, 0.3) is 0 Å². The lowest BCUT2D eigenvalue weighted by Crippen LogP contribution is -2.49. The van der Waals surface area contributed by atoms with Crippen molar-refractivity contribution < 1.29 is 9.59 Å². The van der Waals surface area contributed by atoms with Crippen LogP contribution in [0.5, 0.6) is 0 Å². The molecule has 2 atom stereocenters. The van der Waals surface area contributed by atoms with E-state index in [1.807, 2.05) is 24.3 Å². The highest BCUT2D eigenvalue weighted by atomic mass is 35.5. The molecule has 1 aromatic carbocycles. The van der Waals surface area contributed by atoms with Crippen molar-refractivity contribution in [1.29, 1.82) is 0 Å². The zero-order valence-electron chi connectivity index (χ0n) is 16.3. The quantitative estimate of drug-likeness (QED) is 0.581. The smallest absolute Gasteiger partial charge is 0.222 e. The Morgan fingerprint density at radius 2 is 1.70 bits per heavy atom. The summed E-state index contributed by atoms with van der Waals surface area (Å²) in [5.41, 5.74) is 1.11. The number of hydrogen-bond acceptors (Lipinski definition) is 2. The summed E-state index contributed by atoms with van der Waals surface area (Å²) >= 11 is 6.15. The van der Waals surface area contributed by atoms with E-state index in [2.05, 4.69) is 4.90 Å². The van der Waals surface area contributed by atoms with Crippen molar-refractivity contribution in [2.24, 2.45) is 5.92 Å². The van der Waals surface area contributed by atoms with Crippen LogP contribution in [0.15, 0.2) is 24.3 Å². The van der Waals surface area contributed by atoms with Crippen LogP contribution in [-0.4, -0.2) is 29.2 Å². The Kier molecular flexibility index (Phi) is 7.75. The second-order valence-corrected chi connectivity index (χ2v) is 8.59. The van der Waals surface area contributed by atoms with E-state index >= 15 is 0 Å². The summed E-state index contributed by atoms with van der Waals surface area (Å²) in [4.78, 5) is 27.0. The first-order valence-corrected chi connectivity index (χ1v) is 11.1. The van der Waals surface area contributed by atoms with E-state index in [1.54, 1.807) is 0 Å². The van der Waals surface area contributed by atoms with Crippen molar-refractivity contribution in [2.75, 3.05) is 6.54 Å². The highest BCUT2D eigenvalue weighted by Gasteiger charge is 2.35. The number of piperidine rings is 1. The van der Waals surface area contributed by atoms with E-state index in [0.717, 1.165) is 42.3 Å². The van der Waals surface area contributed by atoms with Gasteiger partial charge in [-0.1, -0.05) is 42.6 Å². The number of nitrogens with zero attached hydrogens (tertiary/aromatic N) is 1. The number of aryl methyl sites for hydroxylation is 1. The van der Waals surface area contributed by atoms with E-state index in [4.69, 9.17) is 11.6 Å². The summed E-state index contributed by atoms with van der Waals surface area (Å²) in [7, 11) is 0. The maximum atomic E-state index is 12.7. The molecule has 1 heterocycles. The Hall–Kier alpha value is -1.35. The van der Waals surface area contributed by atoms with Gasteiger partial charge < -0.3 is 4.90 Å². The SMILES string of the molecule is O=C(CCCC(=O)N1CCCC2CCCCC21)CCCc1ccccc1Cl. The molecular weight excluding hydrogens is 358 g/mol. The van der Waals surface area contributed by atoms with Gasteiger partial charge in [0.2, 0.25) is 5.91 Å². The second-order valence-electron chi connectivity index (χ2n) is 8.18. The molecule has 1 aromatic rings. The Bertz CT molecular complexity index is 643. The minimum atomic E-state index is 0.268. The van der Waals surface area contributed by atoms with Crippen molar-refractivity contribution in [2.45, 2.75) is 83.1 Å². The molecule has 1 aliphatic carbocycles. The number of halogens is 1. The number of fused-ring (bicyclic) bond motifs is 1. The largest absolute Gasteiger partial charge is 0.339 e. The Morgan fingerprint density at radius 3 is 2.56 bits per heavy atom. The van der Waals surface area contributed by atoms with Gasteiger partial charge in [0.15, 0.2) is 0 Å². The van der Waals surface area contributed by atoms with Crippen LogP contribution in [0.4, 0.5) is 0 Å². The van der Waals surface area contributed by atoms with Crippen LogP contribution in [0, 0.1) is 5.92 Å². The molecule has 1 saturated carbocycles. The van der Waals surface area contributed by atoms with Crippen molar-refractivity contribution >= 4 is 23.3 Å². The maximum absolute atomic E-state index is 12.7. The number of hydrogen-bond donors (Lipinski definition) is 0. The third kappa shape index (κ3) is 5.81. The van der Waals surface area contributed by atoms with Gasteiger partial charge in [0.05, 0.1) is 0 Å². The minimum absolute atomic E-state index is 0.268. The number of benzene rings is 1.